The summed E-state index contributed by atoms with van der Waals surface area (Å²) in [5.41, 5.74) is 0.346. The number of nitro benzene ring substituents is 1. The molecular weight excluding hydrogens is 347 g/mol. The average Bonchev–Trinajstić information content (AvgIpc) is 3.15. The second kappa shape index (κ2) is 6.80. The average molecular weight is 363 g/mol. The van der Waals surface area contributed by atoms with Gasteiger partial charge in [0.1, 0.15) is 4.33 Å². The van der Waals surface area contributed by atoms with Crippen LogP contribution in [0.5, 0.6) is 11.5 Å². The lowest BCUT2D eigenvalue weighted by molar-refractivity contribution is -0.385. The Morgan fingerprint density at radius 2 is 1.96 bits per heavy atom. The first-order chi connectivity index (χ1) is 10.8. The van der Waals surface area contributed by atoms with Gasteiger partial charge in [-0.3, -0.25) is 14.9 Å². The van der Waals surface area contributed by atoms with Crippen LogP contribution in [-0.2, 0) is 11.2 Å². The number of carbonyl (C=O) groups is 1. The largest absolute Gasteiger partial charge is 0.493 e. The maximum atomic E-state index is 11.8. The van der Waals surface area contributed by atoms with E-state index in [2.05, 4.69) is 5.32 Å². The minimum Gasteiger partial charge on any atom is -0.493 e. The van der Waals surface area contributed by atoms with Crippen molar-refractivity contribution in [3.8, 4) is 11.5 Å². The minimum absolute atomic E-state index is 0.0904. The molecule has 0 spiro atoms. The Hall–Kier alpha value is -1.73. The van der Waals surface area contributed by atoms with Crippen LogP contribution in [0.1, 0.15) is 12.0 Å². The van der Waals surface area contributed by atoms with Gasteiger partial charge in [-0.25, -0.2) is 0 Å². The highest BCUT2D eigenvalue weighted by Crippen LogP contribution is 2.53. The molecule has 1 aliphatic carbocycles. The topological polar surface area (TPSA) is 90.7 Å². The molecule has 0 bridgehead atoms. The molecule has 1 aromatic carbocycles. The number of alkyl halides is 2. The van der Waals surface area contributed by atoms with E-state index in [1.54, 1.807) is 0 Å². The minimum atomic E-state index is -0.987. The maximum Gasteiger partial charge on any atom is 0.276 e. The molecule has 0 heterocycles. The highest BCUT2D eigenvalue weighted by atomic mass is 35.5. The van der Waals surface area contributed by atoms with Crippen LogP contribution in [0.3, 0.4) is 0 Å². The molecule has 1 aliphatic rings. The highest BCUT2D eigenvalue weighted by molar-refractivity contribution is 6.52. The Kier molecular flexibility index (Phi) is 5.21. The van der Waals surface area contributed by atoms with Crippen LogP contribution >= 0.6 is 23.2 Å². The van der Waals surface area contributed by atoms with Crippen LogP contribution in [-0.4, -0.2) is 35.9 Å². The predicted octanol–water partition coefficient (Wildman–Crippen LogP) is 2.46. The number of benzene rings is 1. The van der Waals surface area contributed by atoms with E-state index in [1.165, 1.54) is 26.4 Å². The van der Waals surface area contributed by atoms with Crippen molar-refractivity contribution in [3.63, 3.8) is 0 Å². The molecule has 126 valence electrons. The Morgan fingerprint density at radius 1 is 1.39 bits per heavy atom. The van der Waals surface area contributed by atoms with E-state index in [4.69, 9.17) is 32.7 Å². The number of hydrogen-bond acceptors (Lipinski definition) is 5. The Balaban J connectivity index is 2.06. The first kappa shape index (κ1) is 17.6. The number of rotatable bonds is 7. The second-order valence-electron chi connectivity index (χ2n) is 5.15. The van der Waals surface area contributed by atoms with Crippen LogP contribution in [0.15, 0.2) is 12.1 Å². The van der Waals surface area contributed by atoms with Crippen molar-refractivity contribution in [1.82, 2.24) is 5.32 Å². The molecule has 7 nitrogen and oxygen atoms in total. The fraction of sp³-hybridized carbons (Fsp3) is 0.500. The summed E-state index contributed by atoms with van der Waals surface area (Å²) in [4.78, 5) is 22.5. The summed E-state index contributed by atoms with van der Waals surface area (Å²) in [6, 6.07) is 2.84. The molecule has 1 aromatic rings. The molecule has 1 amide bonds. The molecule has 1 fully saturated rings. The Labute approximate surface area is 143 Å². The molecule has 23 heavy (non-hydrogen) atoms. The standard InChI is InChI=1S/C14H16Cl2N2O5/c1-22-11-5-8(10(18(20)21)6-12(11)23-2)3-4-17-13(19)9-7-14(9,15)16/h5-6,9H,3-4,7H2,1-2H3,(H,17,19)/t9-/m0/s1. The lowest BCUT2D eigenvalue weighted by Crippen LogP contribution is -2.28. The van der Waals surface area contributed by atoms with Crippen LogP contribution in [0.25, 0.3) is 0 Å². The third-order valence-corrected chi connectivity index (χ3v) is 4.45. The van der Waals surface area contributed by atoms with Gasteiger partial charge in [0.05, 0.1) is 31.1 Å². The normalized spacial score (nSPS) is 18.2. The van der Waals surface area contributed by atoms with Crippen molar-refractivity contribution in [2.75, 3.05) is 20.8 Å². The summed E-state index contributed by atoms with van der Waals surface area (Å²) < 4.78 is 9.22. The van der Waals surface area contributed by atoms with Gasteiger partial charge < -0.3 is 14.8 Å². The number of nitrogens with zero attached hydrogens (tertiary/aromatic N) is 1. The Bertz CT molecular complexity index is 636. The SMILES string of the molecule is COc1cc(CCNC(=O)[C@@H]2CC2(Cl)Cl)c([N+](=O)[O-])cc1OC. The number of methoxy groups -OCH3 is 2. The van der Waals surface area contributed by atoms with E-state index in [0.29, 0.717) is 17.7 Å². The molecule has 1 saturated carbocycles. The van der Waals surface area contributed by atoms with Gasteiger partial charge in [0, 0.05) is 12.1 Å². The third kappa shape index (κ3) is 3.97. The smallest absolute Gasteiger partial charge is 0.276 e. The van der Waals surface area contributed by atoms with Gasteiger partial charge >= 0.3 is 0 Å². The quantitative estimate of drug-likeness (QED) is 0.457. The molecular formula is C14H16Cl2N2O5. The Morgan fingerprint density at radius 3 is 2.43 bits per heavy atom. The van der Waals surface area contributed by atoms with Crippen molar-refractivity contribution >= 4 is 34.8 Å². The van der Waals surface area contributed by atoms with Gasteiger partial charge in [-0.05, 0) is 18.9 Å². The van der Waals surface area contributed by atoms with E-state index in [9.17, 15) is 14.9 Å². The number of ether oxygens (including phenoxy) is 2. The van der Waals surface area contributed by atoms with Gasteiger partial charge in [-0.2, -0.15) is 0 Å². The van der Waals surface area contributed by atoms with Crippen LogP contribution in [0.2, 0.25) is 0 Å². The van der Waals surface area contributed by atoms with Crippen molar-refractivity contribution in [2.24, 2.45) is 5.92 Å². The van der Waals surface area contributed by atoms with E-state index in [-0.39, 0.29) is 30.3 Å². The van der Waals surface area contributed by atoms with Crippen LogP contribution in [0.4, 0.5) is 5.69 Å². The molecule has 1 atom stereocenters. The molecule has 0 saturated heterocycles. The van der Waals surface area contributed by atoms with Crippen molar-refractivity contribution in [1.29, 1.82) is 0 Å². The number of carbonyl (C=O) groups excluding carboxylic acids is 1. The second-order valence-corrected chi connectivity index (χ2v) is 6.69. The summed E-state index contributed by atoms with van der Waals surface area (Å²) in [5.74, 6) is -0.00876. The fourth-order valence-electron chi connectivity index (χ4n) is 2.22. The number of nitro groups is 1. The van der Waals surface area contributed by atoms with E-state index in [1.807, 2.05) is 0 Å². The van der Waals surface area contributed by atoms with E-state index >= 15 is 0 Å². The number of hydrogen-bond donors (Lipinski definition) is 1. The summed E-state index contributed by atoms with van der Waals surface area (Å²) in [6.07, 6.45) is 0.686. The highest BCUT2D eigenvalue weighted by Gasteiger charge is 2.56. The summed E-state index contributed by atoms with van der Waals surface area (Å²) in [7, 11) is 2.85. The maximum absolute atomic E-state index is 11.8. The third-order valence-electron chi connectivity index (χ3n) is 3.62. The number of halogens is 2. The molecule has 9 heteroatoms. The van der Waals surface area contributed by atoms with Gasteiger partial charge in [0.25, 0.3) is 5.69 Å². The first-order valence-electron chi connectivity index (χ1n) is 6.85. The summed E-state index contributed by atoms with van der Waals surface area (Å²) >= 11 is 11.6. The van der Waals surface area contributed by atoms with Gasteiger partial charge in [-0.15, -0.1) is 23.2 Å². The van der Waals surface area contributed by atoms with Gasteiger partial charge in [-0.1, -0.05) is 0 Å². The van der Waals surface area contributed by atoms with E-state index in [0.717, 1.165) is 0 Å². The summed E-state index contributed by atoms with van der Waals surface area (Å²) in [6.45, 7) is 0.232. The van der Waals surface area contributed by atoms with Crippen molar-refractivity contribution in [3.05, 3.63) is 27.8 Å². The molecule has 2 rings (SSSR count). The molecule has 0 unspecified atom stereocenters. The molecule has 0 aromatic heterocycles. The lowest BCUT2D eigenvalue weighted by Gasteiger charge is -2.11. The summed E-state index contributed by atoms with van der Waals surface area (Å²) in [5, 5.41) is 13.9. The predicted molar refractivity (Wildman–Crippen MR) is 85.5 cm³/mol. The molecule has 0 aliphatic heterocycles. The van der Waals surface area contributed by atoms with E-state index < -0.39 is 15.2 Å². The zero-order valence-corrected chi connectivity index (χ0v) is 14.1. The lowest BCUT2D eigenvalue weighted by atomic mass is 10.1. The van der Waals surface area contributed by atoms with Crippen molar-refractivity contribution in [2.45, 2.75) is 17.2 Å². The van der Waals surface area contributed by atoms with Gasteiger partial charge in [0.15, 0.2) is 11.5 Å². The zero-order valence-electron chi connectivity index (χ0n) is 12.6. The zero-order chi connectivity index (χ0) is 17.2. The first-order valence-corrected chi connectivity index (χ1v) is 7.60. The van der Waals surface area contributed by atoms with Gasteiger partial charge in [0.2, 0.25) is 5.91 Å². The van der Waals surface area contributed by atoms with Crippen LogP contribution < -0.4 is 14.8 Å². The number of amides is 1. The van der Waals surface area contributed by atoms with Crippen molar-refractivity contribution < 1.29 is 19.2 Å². The number of nitrogens with one attached hydrogen (secondary N) is 1. The monoisotopic (exact) mass is 362 g/mol. The molecule has 0 radical (unpaired) electrons. The van der Waals surface area contributed by atoms with Crippen LogP contribution in [0, 0.1) is 16.0 Å². The fourth-order valence-corrected chi connectivity index (χ4v) is 2.73. The molecule has 1 N–H and O–H groups in total.